The summed E-state index contributed by atoms with van der Waals surface area (Å²) in [5.41, 5.74) is 2.28. The van der Waals surface area contributed by atoms with E-state index in [9.17, 15) is 20.0 Å². The second-order valence-electron chi connectivity index (χ2n) is 4.85. The Kier molecular flexibility index (Phi) is 6.50. The molecule has 136 valence electrons. The lowest BCUT2D eigenvalue weighted by molar-refractivity contribution is -0.385. The first kappa shape index (κ1) is 19.2. The van der Waals surface area contributed by atoms with Crippen molar-refractivity contribution in [3.63, 3.8) is 0 Å². The number of methoxy groups -OCH3 is 1. The highest BCUT2D eigenvalue weighted by Gasteiger charge is 2.14. The molecule has 0 aliphatic heterocycles. The predicted octanol–water partition coefficient (Wildman–Crippen LogP) is 2.60. The number of rotatable bonds is 7. The number of hydrazone groups is 1. The first-order valence-corrected chi connectivity index (χ1v) is 7.96. The van der Waals surface area contributed by atoms with Crippen LogP contribution in [0.1, 0.15) is 5.56 Å². The Morgan fingerprint density at radius 1 is 1.38 bits per heavy atom. The average Bonchev–Trinajstić information content (AvgIpc) is 2.62. The summed E-state index contributed by atoms with van der Waals surface area (Å²) in [6, 6.07) is 8.87. The number of hydrogen-bond acceptors (Lipinski definition) is 7. The molecule has 0 aliphatic rings. The number of nitro benzene ring substituents is 1. The van der Waals surface area contributed by atoms with Gasteiger partial charge in [-0.05, 0) is 18.2 Å². The fourth-order valence-electron chi connectivity index (χ4n) is 1.93. The lowest BCUT2D eigenvalue weighted by Gasteiger charge is -2.07. The van der Waals surface area contributed by atoms with Gasteiger partial charge in [0, 0.05) is 16.1 Å². The maximum atomic E-state index is 11.7. The number of carbonyl (C=O) groups is 1. The third-order valence-corrected chi connectivity index (χ3v) is 3.56. The number of phenolic OH excluding ortho intramolecular Hbond substituents is 1. The first-order valence-electron chi connectivity index (χ1n) is 7.17. The lowest BCUT2D eigenvalue weighted by Crippen LogP contribution is -2.24. The van der Waals surface area contributed by atoms with Crippen molar-refractivity contribution < 1.29 is 24.3 Å². The maximum absolute atomic E-state index is 11.7. The minimum Gasteiger partial charge on any atom is -0.504 e. The molecule has 0 spiro atoms. The summed E-state index contributed by atoms with van der Waals surface area (Å²) in [6.07, 6.45) is 1.23. The molecule has 0 saturated carbocycles. The van der Waals surface area contributed by atoms with E-state index in [-0.39, 0.29) is 22.9 Å². The molecule has 0 saturated heterocycles. The van der Waals surface area contributed by atoms with Crippen molar-refractivity contribution >= 4 is 33.7 Å². The zero-order chi connectivity index (χ0) is 19.1. The minimum atomic E-state index is -0.624. The number of nitrogens with one attached hydrogen (secondary N) is 1. The van der Waals surface area contributed by atoms with Crippen LogP contribution in [0.3, 0.4) is 0 Å². The molecule has 0 unspecified atom stereocenters. The number of aromatic hydroxyl groups is 1. The number of hydrogen-bond donors (Lipinski definition) is 2. The molecule has 0 heterocycles. The van der Waals surface area contributed by atoms with E-state index >= 15 is 0 Å². The van der Waals surface area contributed by atoms with E-state index in [1.807, 2.05) is 0 Å². The quantitative estimate of drug-likeness (QED) is 0.400. The number of para-hydroxylation sites is 2. The number of halogens is 1. The summed E-state index contributed by atoms with van der Waals surface area (Å²) >= 11 is 3.26. The second kappa shape index (κ2) is 8.81. The van der Waals surface area contributed by atoms with E-state index in [1.165, 1.54) is 31.5 Å². The molecule has 26 heavy (non-hydrogen) atoms. The number of amides is 1. The molecule has 0 atom stereocenters. The van der Waals surface area contributed by atoms with Gasteiger partial charge in [0.2, 0.25) is 0 Å². The molecular weight excluding hydrogens is 410 g/mol. The molecule has 0 aliphatic carbocycles. The van der Waals surface area contributed by atoms with Crippen molar-refractivity contribution in [2.24, 2.45) is 5.10 Å². The Bertz CT molecular complexity index is 856. The van der Waals surface area contributed by atoms with E-state index in [1.54, 1.807) is 18.2 Å². The van der Waals surface area contributed by atoms with Gasteiger partial charge < -0.3 is 14.6 Å². The van der Waals surface area contributed by atoms with Crippen LogP contribution in [0.25, 0.3) is 0 Å². The van der Waals surface area contributed by atoms with Crippen molar-refractivity contribution in [3.05, 3.63) is 56.5 Å². The molecule has 2 aromatic carbocycles. The lowest BCUT2D eigenvalue weighted by atomic mass is 10.2. The fourth-order valence-corrected chi connectivity index (χ4v) is 2.38. The highest BCUT2D eigenvalue weighted by Crippen LogP contribution is 2.32. The maximum Gasteiger partial charge on any atom is 0.310 e. The SMILES string of the molecule is COc1cc(Br)cc(/C=N\NC(=O)COc2ccccc2[N+](=O)[O-])c1O. The summed E-state index contributed by atoms with van der Waals surface area (Å²) in [4.78, 5) is 22.0. The van der Waals surface area contributed by atoms with E-state index < -0.39 is 17.4 Å². The number of phenols is 1. The van der Waals surface area contributed by atoms with Gasteiger partial charge >= 0.3 is 5.69 Å². The number of nitro groups is 1. The number of benzene rings is 2. The van der Waals surface area contributed by atoms with Crippen LogP contribution in [0.2, 0.25) is 0 Å². The monoisotopic (exact) mass is 423 g/mol. The zero-order valence-electron chi connectivity index (χ0n) is 13.5. The van der Waals surface area contributed by atoms with Crippen LogP contribution < -0.4 is 14.9 Å². The third-order valence-electron chi connectivity index (χ3n) is 3.10. The summed E-state index contributed by atoms with van der Waals surface area (Å²) < 4.78 is 10.8. The van der Waals surface area contributed by atoms with Crippen LogP contribution in [0.5, 0.6) is 17.2 Å². The van der Waals surface area contributed by atoms with E-state index in [4.69, 9.17) is 9.47 Å². The molecule has 1 amide bonds. The van der Waals surface area contributed by atoms with Crippen molar-refractivity contribution in [3.8, 4) is 17.2 Å². The Labute approximate surface area is 156 Å². The molecule has 9 nitrogen and oxygen atoms in total. The van der Waals surface area contributed by atoms with Crippen LogP contribution in [0.4, 0.5) is 5.69 Å². The molecule has 0 radical (unpaired) electrons. The van der Waals surface area contributed by atoms with Crippen LogP contribution in [-0.2, 0) is 4.79 Å². The van der Waals surface area contributed by atoms with E-state index in [0.717, 1.165) is 0 Å². The van der Waals surface area contributed by atoms with Crippen LogP contribution in [0, 0.1) is 10.1 Å². The summed E-state index contributed by atoms with van der Waals surface area (Å²) in [5.74, 6) is -0.538. The van der Waals surface area contributed by atoms with Gasteiger partial charge in [-0.1, -0.05) is 28.1 Å². The number of ether oxygens (including phenoxy) is 2. The standard InChI is InChI=1S/C16H14BrN3O6/c1-25-14-7-11(17)6-10(16(14)22)8-18-19-15(21)9-26-13-5-3-2-4-12(13)20(23)24/h2-8,22H,9H2,1H3,(H,19,21)/b18-8-. The van der Waals surface area contributed by atoms with Crippen molar-refractivity contribution in [1.29, 1.82) is 0 Å². The van der Waals surface area contributed by atoms with Gasteiger partial charge in [0.25, 0.3) is 5.91 Å². The van der Waals surface area contributed by atoms with Gasteiger partial charge in [-0.15, -0.1) is 0 Å². The Hall–Kier alpha value is -3.14. The molecule has 2 N–H and O–H groups in total. The molecule has 2 rings (SSSR count). The second-order valence-corrected chi connectivity index (χ2v) is 5.77. The van der Waals surface area contributed by atoms with Crippen LogP contribution in [0.15, 0.2) is 46.0 Å². The van der Waals surface area contributed by atoms with Crippen molar-refractivity contribution in [2.75, 3.05) is 13.7 Å². The smallest absolute Gasteiger partial charge is 0.310 e. The highest BCUT2D eigenvalue weighted by atomic mass is 79.9. The van der Waals surface area contributed by atoms with Crippen molar-refractivity contribution in [2.45, 2.75) is 0 Å². The highest BCUT2D eigenvalue weighted by molar-refractivity contribution is 9.10. The summed E-state index contributed by atoms with van der Waals surface area (Å²) in [5, 5.41) is 24.6. The fraction of sp³-hybridized carbons (Fsp3) is 0.125. The topological polar surface area (TPSA) is 123 Å². The number of nitrogens with zero attached hydrogens (tertiary/aromatic N) is 2. The minimum absolute atomic E-state index is 0.0222. The molecule has 0 bridgehead atoms. The predicted molar refractivity (Wildman–Crippen MR) is 96.7 cm³/mol. The third kappa shape index (κ3) is 4.93. The van der Waals surface area contributed by atoms with Crippen LogP contribution in [-0.4, -0.2) is 35.9 Å². The van der Waals surface area contributed by atoms with Crippen LogP contribution >= 0.6 is 15.9 Å². The molecule has 2 aromatic rings. The van der Waals surface area contributed by atoms with Gasteiger partial charge in [0.1, 0.15) is 0 Å². The van der Waals surface area contributed by atoms with E-state index in [2.05, 4.69) is 26.5 Å². The Morgan fingerprint density at radius 3 is 2.81 bits per heavy atom. The van der Waals surface area contributed by atoms with Gasteiger partial charge in [-0.2, -0.15) is 5.10 Å². The molecular formula is C16H14BrN3O6. The Morgan fingerprint density at radius 2 is 2.12 bits per heavy atom. The average molecular weight is 424 g/mol. The van der Waals surface area contributed by atoms with Crippen molar-refractivity contribution in [1.82, 2.24) is 5.43 Å². The van der Waals surface area contributed by atoms with Gasteiger partial charge in [-0.25, -0.2) is 5.43 Å². The normalized spacial score (nSPS) is 10.5. The number of carbonyl (C=O) groups excluding carboxylic acids is 1. The first-order chi connectivity index (χ1) is 12.4. The largest absolute Gasteiger partial charge is 0.504 e. The summed E-state index contributed by atoms with van der Waals surface area (Å²) in [7, 11) is 1.41. The molecule has 10 heteroatoms. The van der Waals surface area contributed by atoms with E-state index in [0.29, 0.717) is 10.0 Å². The van der Waals surface area contributed by atoms with Gasteiger partial charge in [-0.3, -0.25) is 14.9 Å². The van der Waals surface area contributed by atoms with Gasteiger partial charge in [0.15, 0.2) is 23.9 Å². The molecule has 0 fully saturated rings. The zero-order valence-corrected chi connectivity index (χ0v) is 15.1. The molecule has 0 aromatic heterocycles. The summed E-state index contributed by atoms with van der Waals surface area (Å²) in [6.45, 7) is -0.462. The Balaban J connectivity index is 1.97. The van der Waals surface area contributed by atoms with Gasteiger partial charge in [0.05, 0.1) is 18.2 Å².